The fraction of sp³-hybridized carbons (Fsp3) is 0.269. The fourth-order valence-corrected chi connectivity index (χ4v) is 4.42. The monoisotopic (exact) mass is 464 g/mol. The third-order valence-corrected chi connectivity index (χ3v) is 6.50. The van der Waals surface area contributed by atoms with Gasteiger partial charge in [0.05, 0.1) is 4.90 Å². The Morgan fingerprint density at radius 2 is 1.64 bits per heavy atom. The molecule has 2 aromatic carbocycles. The quantitative estimate of drug-likeness (QED) is 0.409. The van der Waals surface area contributed by atoms with Crippen molar-refractivity contribution in [3.05, 3.63) is 89.7 Å². The van der Waals surface area contributed by atoms with Crippen molar-refractivity contribution in [2.24, 2.45) is 5.92 Å². The number of carbonyl (C=O) groups excluding carboxylic acids is 2. The van der Waals surface area contributed by atoms with Gasteiger partial charge in [-0.2, -0.15) is 0 Å². The van der Waals surface area contributed by atoms with Crippen molar-refractivity contribution >= 4 is 27.3 Å². The van der Waals surface area contributed by atoms with Crippen LogP contribution in [-0.2, 0) is 27.7 Å². The van der Waals surface area contributed by atoms with E-state index in [1.165, 1.54) is 12.1 Å². The summed E-state index contributed by atoms with van der Waals surface area (Å²) in [6.45, 7) is 3.93. The summed E-state index contributed by atoms with van der Waals surface area (Å²) in [5, 5.41) is 0. The molecule has 6 nitrogen and oxygen atoms in total. The highest BCUT2D eigenvalue weighted by Gasteiger charge is 2.16. The number of benzene rings is 2. The van der Waals surface area contributed by atoms with Gasteiger partial charge in [0.15, 0.2) is 5.78 Å². The van der Waals surface area contributed by atoms with Gasteiger partial charge in [-0.15, -0.1) is 0 Å². The molecule has 0 spiro atoms. The summed E-state index contributed by atoms with van der Waals surface area (Å²) in [6.07, 6.45) is 5.24. The highest BCUT2D eigenvalue weighted by atomic mass is 32.2. The molecule has 0 saturated carbocycles. The Labute approximate surface area is 195 Å². The first-order chi connectivity index (χ1) is 15.7. The van der Waals surface area contributed by atoms with Crippen LogP contribution in [0, 0.1) is 5.92 Å². The van der Waals surface area contributed by atoms with Crippen molar-refractivity contribution in [3.63, 3.8) is 0 Å². The third-order valence-electron chi connectivity index (χ3n) is 5.10. The molecule has 0 aliphatic heterocycles. The summed E-state index contributed by atoms with van der Waals surface area (Å²) < 4.78 is 27.9. The lowest BCUT2D eigenvalue weighted by Crippen LogP contribution is -2.13. The van der Waals surface area contributed by atoms with E-state index in [-0.39, 0.29) is 22.4 Å². The van der Waals surface area contributed by atoms with Crippen LogP contribution in [0.1, 0.15) is 48.2 Å². The second-order valence-electron chi connectivity index (χ2n) is 8.42. The van der Waals surface area contributed by atoms with E-state index in [4.69, 9.17) is 0 Å². The molecular weight excluding hydrogens is 436 g/mol. The summed E-state index contributed by atoms with van der Waals surface area (Å²) in [6, 6.07) is 16.5. The first-order valence-electron chi connectivity index (χ1n) is 10.9. The average molecular weight is 465 g/mol. The van der Waals surface area contributed by atoms with E-state index < -0.39 is 10.0 Å². The zero-order valence-corrected chi connectivity index (χ0v) is 19.6. The van der Waals surface area contributed by atoms with Crippen LogP contribution in [0.3, 0.4) is 0 Å². The molecule has 1 N–H and O–H groups in total. The fourth-order valence-electron chi connectivity index (χ4n) is 3.36. The number of hydrogen-bond acceptors (Lipinski definition) is 5. The second-order valence-corrected chi connectivity index (χ2v) is 10.1. The van der Waals surface area contributed by atoms with Gasteiger partial charge in [-0.3, -0.25) is 19.3 Å². The minimum Gasteiger partial charge on any atom is -0.299 e. The van der Waals surface area contributed by atoms with Crippen LogP contribution in [0.4, 0.5) is 5.69 Å². The average Bonchev–Trinajstić information content (AvgIpc) is 2.79. The van der Waals surface area contributed by atoms with Crippen LogP contribution < -0.4 is 4.72 Å². The van der Waals surface area contributed by atoms with E-state index in [9.17, 15) is 18.0 Å². The number of aryl methyl sites for hydroxylation is 1. The van der Waals surface area contributed by atoms with Crippen LogP contribution >= 0.6 is 0 Å². The molecule has 0 fully saturated rings. The lowest BCUT2D eigenvalue weighted by Gasteiger charge is -2.10. The van der Waals surface area contributed by atoms with E-state index in [1.54, 1.807) is 48.8 Å². The molecule has 172 valence electrons. The summed E-state index contributed by atoms with van der Waals surface area (Å²) in [4.78, 5) is 28.5. The Morgan fingerprint density at radius 3 is 2.24 bits per heavy atom. The van der Waals surface area contributed by atoms with Crippen LogP contribution in [-0.4, -0.2) is 25.0 Å². The number of nitrogens with one attached hydrogen (secondary N) is 1. The molecule has 3 aromatic rings. The first kappa shape index (κ1) is 24.3. The molecule has 0 unspecified atom stereocenters. The summed E-state index contributed by atoms with van der Waals surface area (Å²) in [7, 11) is -3.79. The topological polar surface area (TPSA) is 93.2 Å². The maximum Gasteiger partial charge on any atom is 0.261 e. The summed E-state index contributed by atoms with van der Waals surface area (Å²) in [5.41, 5.74) is 2.75. The highest BCUT2D eigenvalue weighted by Crippen LogP contribution is 2.19. The second kappa shape index (κ2) is 11.0. The number of aromatic nitrogens is 1. The molecule has 7 heteroatoms. The predicted molar refractivity (Wildman–Crippen MR) is 129 cm³/mol. The Hall–Kier alpha value is -3.32. The van der Waals surface area contributed by atoms with Crippen molar-refractivity contribution in [1.82, 2.24) is 4.98 Å². The van der Waals surface area contributed by atoms with Gasteiger partial charge in [-0.25, -0.2) is 8.42 Å². The molecule has 1 aromatic heterocycles. The van der Waals surface area contributed by atoms with Crippen molar-refractivity contribution in [3.8, 4) is 0 Å². The molecule has 1 heterocycles. The van der Waals surface area contributed by atoms with Crippen molar-refractivity contribution < 1.29 is 18.0 Å². The molecule has 33 heavy (non-hydrogen) atoms. The molecule has 0 atom stereocenters. The van der Waals surface area contributed by atoms with E-state index >= 15 is 0 Å². The SMILES string of the molecule is CC(C)CC(=O)c1ccc(S(=O)(=O)Nc2ccc(CC(=O)CCc3cccnc3)cc2)cc1. The van der Waals surface area contributed by atoms with Gasteiger partial charge < -0.3 is 0 Å². The summed E-state index contributed by atoms with van der Waals surface area (Å²) >= 11 is 0. The predicted octanol–water partition coefficient (Wildman–Crippen LogP) is 4.86. The van der Waals surface area contributed by atoms with Gasteiger partial charge in [0.2, 0.25) is 0 Å². The van der Waals surface area contributed by atoms with Crippen LogP contribution in [0.5, 0.6) is 0 Å². The number of carbonyl (C=O) groups is 2. The normalized spacial score (nSPS) is 11.4. The first-order valence-corrected chi connectivity index (χ1v) is 12.4. The Balaban J connectivity index is 1.57. The molecular formula is C26H28N2O4S. The number of Topliss-reactive ketones (excluding diaryl/α,β-unsaturated/α-hetero) is 2. The molecule has 0 aliphatic carbocycles. The van der Waals surface area contributed by atoms with Crippen LogP contribution in [0.2, 0.25) is 0 Å². The number of pyridine rings is 1. The number of hydrogen-bond donors (Lipinski definition) is 1. The van der Waals surface area contributed by atoms with Crippen molar-refractivity contribution in [1.29, 1.82) is 0 Å². The molecule has 0 radical (unpaired) electrons. The molecule has 0 bridgehead atoms. The van der Waals surface area contributed by atoms with Gasteiger partial charge in [0.1, 0.15) is 5.78 Å². The molecule has 3 rings (SSSR count). The number of nitrogens with zero attached hydrogens (tertiary/aromatic N) is 1. The van der Waals surface area contributed by atoms with Gasteiger partial charge >= 0.3 is 0 Å². The minimum atomic E-state index is -3.79. The lowest BCUT2D eigenvalue weighted by atomic mass is 10.0. The van der Waals surface area contributed by atoms with E-state index in [1.807, 2.05) is 26.0 Å². The van der Waals surface area contributed by atoms with Crippen LogP contribution in [0.25, 0.3) is 0 Å². The Morgan fingerprint density at radius 1 is 0.939 bits per heavy atom. The molecule has 0 amide bonds. The zero-order chi connectivity index (χ0) is 23.8. The van der Waals surface area contributed by atoms with E-state index in [2.05, 4.69) is 9.71 Å². The number of ketones is 2. The van der Waals surface area contributed by atoms with Crippen LogP contribution in [0.15, 0.2) is 78.0 Å². The van der Waals surface area contributed by atoms with Gasteiger partial charge in [0, 0.05) is 42.9 Å². The van der Waals surface area contributed by atoms with Crippen molar-refractivity contribution in [2.45, 2.75) is 44.4 Å². The van der Waals surface area contributed by atoms with Gasteiger partial charge in [-0.1, -0.05) is 44.2 Å². The zero-order valence-electron chi connectivity index (χ0n) is 18.8. The third kappa shape index (κ3) is 7.36. The van der Waals surface area contributed by atoms with Crippen molar-refractivity contribution in [2.75, 3.05) is 4.72 Å². The molecule has 0 saturated heterocycles. The van der Waals surface area contributed by atoms with E-state index in [0.29, 0.717) is 36.9 Å². The maximum absolute atomic E-state index is 12.7. The number of rotatable bonds is 11. The minimum absolute atomic E-state index is 0.00696. The summed E-state index contributed by atoms with van der Waals surface area (Å²) in [5.74, 6) is 0.341. The largest absolute Gasteiger partial charge is 0.299 e. The number of sulfonamides is 1. The van der Waals surface area contributed by atoms with Gasteiger partial charge in [0.25, 0.3) is 10.0 Å². The Kier molecular flexibility index (Phi) is 8.11. The van der Waals surface area contributed by atoms with Gasteiger partial charge in [-0.05, 0) is 53.8 Å². The smallest absolute Gasteiger partial charge is 0.261 e. The van der Waals surface area contributed by atoms with E-state index in [0.717, 1.165) is 11.1 Å². The standard InChI is InChI=1S/C26H28N2O4S/c1-19(2)16-26(30)22-8-13-25(14-9-22)33(31,32)28-23-10-5-20(6-11-23)17-24(29)12-7-21-4-3-15-27-18-21/h3-6,8-11,13-15,18-19,28H,7,12,16-17H2,1-2H3. The number of anilines is 1. The molecule has 0 aliphatic rings. The Bertz CT molecular complexity index is 1190. The highest BCUT2D eigenvalue weighted by molar-refractivity contribution is 7.92. The maximum atomic E-state index is 12.7. The lowest BCUT2D eigenvalue weighted by molar-refractivity contribution is -0.118.